The number of hydrogen-bond acceptors (Lipinski definition) is 6. The number of hydrogen-bond donors (Lipinski definition) is 1. The van der Waals surface area contributed by atoms with E-state index in [9.17, 15) is 22.6 Å². The lowest BCUT2D eigenvalue weighted by molar-refractivity contribution is -0.152. The molecule has 0 bridgehead atoms. The van der Waals surface area contributed by atoms with Crippen molar-refractivity contribution in [2.24, 2.45) is 0 Å². The fourth-order valence-electron chi connectivity index (χ4n) is 2.18. The lowest BCUT2D eigenvalue weighted by atomic mass is 9.95. The molecule has 0 fully saturated rings. The summed E-state index contributed by atoms with van der Waals surface area (Å²) in [4.78, 5) is 22.3. The van der Waals surface area contributed by atoms with Crippen molar-refractivity contribution in [1.29, 1.82) is 0 Å². The first-order valence-corrected chi connectivity index (χ1v) is 8.86. The molecule has 7 nitrogen and oxygen atoms in total. The van der Waals surface area contributed by atoms with Gasteiger partial charge in [-0.2, -0.15) is 8.42 Å². The fourth-order valence-corrected chi connectivity index (χ4v) is 3.37. The van der Waals surface area contributed by atoms with Gasteiger partial charge in [0.05, 0.1) is 0 Å². The first-order valence-electron chi connectivity index (χ1n) is 7.42. The molecule has 0 saturated heterocycles. The zero-order valence-electron chi connectivity index (χ0n) is 14.3. The van der Waals surface area contributed by atoms with Gasteiger partial charge in [-0.1, -0.05) is 27.7 Å². The molecule has 0 aliphatic rings. The Morgan fingerprint density at radius 2 is 1.54 bits per heavy atom. The van der Waals surface area contributed by atoms with Crippen LogP contribution in [0.25, 0.3) is 0 Å². The quantitative estimate of drug-likeness (QED) is 0.473. The van der Waals surface area contributed by atoms with E-state index < -0.39 is 28.7 Å². The molecule has 0 aliphatic heterocycles. The van der Waals surface area contributed by atoms with Crippen LogP contribution in [0.5, 0.6) is 5.75 Å². The first-order chi connectivity index (χ1) is 10.9. The molecule has 1 aromatic carbocycles. The third-order valence-electron chi connectivity index (χ3n) is 3.25. The predicted molar refractivity (Wildman–Crippen MR) is 86.7 cm³/mol. The van der Waals surface area contributed by atoms with Gasteiger partial charge < -0.3 is 9.47 Å². The van der Waals surface area contributed by atoms with E-state index in [0.717, 1.165) is 0 Å². The van der Waals surface area contributed by atoms with E-state index in [1.165, 1.54) is 19.1 Å². The van der Waals surface area contributed by atoms with E-state index >= 15 is 0 Å². The summed E-state index contributed by atoms with van der Waals surface area (Å²) in [5, 5.41) is 0. The Morgan fingerprint density at radius 3 is 1.88 bits per heavy atom. The zero-order chi connectivity index (χ0) is 18.7. The summed E-state index contributed by atoms with van der Waals surface area (Å²) in [5.41, 5.74) is 0.693. The van der Waals surface area contributed by atoms with Crippen molar-refractivity contribution in [3.63, 3.8) is 0 Å². The molecular formula is C16H22O7S. The number of carbonyl (C=O) groups is 2. The second-order valence-corrected chi connectivity index (χ2v) is 7.33. The molecule has 0 radical (unpaired) electrons. The first kappa shape index (κ1) is 20.1. The molecule has 0 spiro atoms. The number of ether oxygens (including phenoxy) is 2. The Hall–Kier alpha value is -1.93. The van der Waals surface area contributed by atoms with Crippen molar-refractivity contribution < 1.29 is 32.0 Å². The Kier molecular flexibility index (Phi) is 6.50. The molecule has 134 valence electrons. The molecule has 0 amide bonds. The van der Waals surface area contributed by atoms with Gasteiger partial charge in [0, 0.05) is 6.92 Å². The fraction of sp³-hybridized carbons (Fsp3) is 0.500. The highest BCUT2D eigenvalue weighted by atomic mass is 32.2. The van der Waals surface area contributed by atoms with Crippen LogP contribution in [0.2, 0.25) is 0 Å². The monoisotopic (exact) mass is 358 g/mol. The van der Waals surface area contributed by atoms with Gasteiger partial charge in [-0.3, -0.25) is 9.35 Å². The standard InChI is InChI=1S/C16H22O7S/c1-9(2)13-6-12(23-15(18)8-22-11(5)17)7-14(10(3)4)16(13)24(19,20)21/h6-7,9-10H,8H2,1-5H3,(H,19,20,21). The largest absolute Gasteiger partial charge is 0.454 e. The number of benzene rings is 1. The van der Waals surface area contributed by atoms with Crippen LogP contribution in [0.15, 0.2) is 17.0 Å². The number of carbonyl (C=O) groups excluding carboxylic acids is 2. The minimum atomic E-state index is -4.43. The maximum Gasteiger partial charge on any atom is 0.349 e. The second-order valence-electron chi connectivity index (χ2n) is 5.97. The highest BCUT2D eigenvalue weighted by Crippen LogP contribution is 2.35. The number of esters is 2. The van der Waals surface area contributed by atoms with Crippen molar-refractivity contribution in [2.75, 3.05) is 6.61 Å². The summed E-state index contributed by atoms with van der Waals surface area (Å²) in [6, 6.07) is 2.79. The Bertz CT molecular complexity index is 704. The third-order valence-corrected chi connectivity index (χ3v) is 4.23. The molecule has 0 atom stereocenters. The molecular weight excluding hydrogens is 336 g/mol. The van der Waals surface area contributed by atoms with Gasteiger partial charge in [0.15, 0.2) is 6.61 Å². The average molecular weight is 358 g/mol. The molecule has 24 heavy (non-hydrogen) atoms. The van der Waals surface area contributed by atoms with Gasteiger partial charge in [0.2, 0.25) is 0 Å². The van der Waals surface area contributed by atoms with E-state index in [1.54, 1.807) is 27.7 Å². The Morgan fingerprint density at radius 1 is 1.08 bits per heavy atom. The molecule has 0 aliphatic carbocycles. The lowest BCUT2D eigenvalue weighted by Crippen LogP contribution is -2.18. The highest BCUT2D eigenvalue weighted by molar-refractivity contribution is 7.86. The van der Waals surface area contributed by atoms with Gasteiger partial charge in [0.1, 0.15) is 10.6 Å². The normalized spacial score (nSPS) is 11.7. The van der Waals surface area contributed by atoms with Crippen molar-refractivity contribution in [2.45, 2.75) is 51.3 Å². The van der Waals surface area contributed by atoms with Gasteiger partial charge in [-0.05, 0) is 35.1 Å². The van der Waals surface area contributed by atoms with E-state index in [4.69, 9.17) is 4.74 Å². The SMILES string of the molecule is CC(=O)OCC(=O)Oc1cc(C(C)C)c(S(=O)(=O)O)c(C(C)C)c1. The van der Waals surface area contributed by atoms with Gasteiger partial charge in [-0.15, -0.1) is 0 Å². The van der Waals surface area contributed by atoms with E-state index in [1.807, 2.05) is 0 Å². The topological polar surface area (TPSA) is 107 Å². The average Bonchev–Trinajstić information content (AvgIpc) is 2.42. The molecule has 0 aromatic heterocycles. The molecule has 0 saturated carbocycles. The molecule has 1 N–H and O–H groups in total. The molecule has 0 unspecified atom stereocenters. The van der Waals surface area contributed by atoms with Crippen LogP contribution in [0.1, 0.15) is 57.6 Å². The Labute approximate surface area is 141 Å². The minimum Gasteiger partial charge on any atom is -0.454 e. The van der Waals surface area contributed by atoms with Crippen molar-refractivity contribution in [3.05, 3.63) is 23.3 Å². The molecule has 1 rings (SSSR count). The van der Waals surface area contributed by atoms with Crippen molar-refractivity contribution >= 4 is 22.1 Å². The Balaban J connectivity index is 3.35. The second kappa shape index (κ2) is 7.76. The maximum atomic E-state index is 11.8. The predicted octanol–water partition coefficient (Wildman–Crippen LogP) is 2.65. The van der Waals surface area contributed by atoms with Crippen LogP contribution in [-0.2, 0) is 24.4 Å². The maximum absolute atomic E-state index is 11.8. The van der Waals surface area contributed by atoms with Crippen LogP contribution in [0.4, 0.5) is 0 Å². The van der Waals surface area contributed by atoms with Crippen molar-refractivity contribution in [3.8, 4) is 5.75 Å². The van der Waals surface area contributed by atoms with Crippen LogP contribution >= 0.6 is 0 Å². The van der Waals surface area contributed by atoms with E-state index in [0.29, 0.717) is 11.1 Å². The molecule has 1 aromatic rings. The summed E-state index contributed by atoms with van der Waals surface area (Å²) in [5.74, 6) is -1.72. The molecule has 0 heterocycles. The van der Waals surface area contributed by atoms with Crippen LogP contribution in [-0.4, -0.2) is 31.5 Å². The van der Waals surface area contributed by atoms with Gasteiger partial charge in [-0.25, -0.2) is 4.79 Å². The summed E-state index contributed by atoms with van der Waals surface area (Å²) < 4.78 is 42.8. The number of rotatable bonds is 6. The van der Waals surface area contributed by atoms with Crippen LogP contribution < -0.4 is 4.74 Å². The van der Waals surface area contributed by atoms with E-state index in [-0.39, 0.29) is 22.5 Å². The lowest BCUT2D eigenvalue weighted by Gasteiger charge is -2.19. The zero-order valence-corrected chi connectivity index (χ0v) is 15.1. The van der Waals surface area contributed by atoms with Gasteiger partial charge in [0.25, 0.3) is 10.1 Å². The summed E-state index contributed by atoms with van der Waals surface area (Å²) >= 11 is 0. The van der Waals surface area contributed by atoms with Crippen molar-refractivity contribution in [1.82, 2.24) is 0 Å². The third kappa shape index (κ3) is 5.31. The summed E-state index contributed by atoms with van der Waals surface area (Å²) in [7, 11) is -4.43. The highest BCUT2D eigenvalue weighted by Gasteiger charge is 2.25. The van der Waals surface area contributed by atoms with Crippen LogP contribution in [0.3, 0.4) is 0 Å². The smallest absolute Gasteiger partial charge is 0.349 e. The van der Waals surface area contributed by atoms with E-state index in [2.05, 4.69) is 4.74 Å². The summed E-state index contributed by atoms with van der Waals surface area (Å²) in [6.07, 6.45) is 0. The minimum absolute atomic E-state index is 0.131. The molecule has 8 heteroatoms. The summed E-state index contributed by atoms with van der Waals surface area (Å²) in [6.45, 7) is 7.68. The van der Waals surface area contributed by atoms with Crippen LogP contribution in [0, 0.1) is 0 Å². The van der Waals surface area contributed by atoms with Gasteiger partial charge >= 0.3 is 11.9 Å².